The number of aryl methyl sites for hydroxylation is 2. The van der Waals surface area contributed by atoms with Crippen molar-refractivity contribution in [2.75, 3.05) is 0 Å². The lowest BCUT2D eigenvalue weighted by atomic mass is 10.1. The van der Waals surface area contributed by atoms with Crippen LogP contribution in [-0.2, 0) is 6.54 Å². The second kappa shape index (κ2) is 5.11. The lowest BCUT2D eigenvalue weighted by Crippen LogP contribution is -2.30. The molecule has 1 unspecified atom stereocenters. The van der Waals surface area contributed by atoms with Gasteiger partial charge in [0.2, 0.25) is 0 Å². The Morgan fingerprint density at radius 1 is 1.40 bits per heavy atom. The predicted molar refractivity (Wildman–Crippen MR) is 78.0 cm³/mol. The quantitative estimate of drug-likeness (QED) is 0.564. The SMILES string of the molecule is CCn1ccnc1C(NN)c1cc2cc(C)ccc2o1. The van der Waals surface area contributed by atoms with E-state index in [1.54, 1.807) is 6.20 Å². The van der Waals surface area contributed by atoms with Gasteiger partial charge in [0, 0.05) is 24.3 Å². The average molecular weight is 270 g/mol. The number of hydrogen-bond donors (Lipinski definition) is 2. The highest BCUT2D eigenvalue weighted by Crippen LogP contribution is 2.27. The largest absolute Gasteiger partial charge is 0.459 e. The zero-order valence-electron chi connectivity index (χ0n) is 11.6. The molecule has 0 bridgehead atoms. The summed E-state index contributed by atoms with van der Waals surface area (Å²) in [6.07, 6.45) is 3.71. The van der Waals surface area contributed by atoms with Crippen LogP contribution in [0.25, 0.3) is 11.0 Å². The van der Waals surface area contributed by atoms with Crippen molar-refractivity contribution >= 4 is 11.0 Å². The first-order valence-electron chi connectivity index (χ1n) is 6.70. The zero-order chi connectivity index (χ0) is 14.1. The Kier molecular flexibility index (Phi) is 3.30. The highest BCUT2D eigenvalue weighted by Gasteiger charge is 2.21. The van der Waals surface area contributed by atoms with Crippen molar-refractivity contribution in [2.24, 2.45) is 5.84 Å². The zero-order valence-corrected chi connectivity index (χ0v) is 11.6. The fraction of sp³-hybridized carbons (Fsp3) is 0.267. The minimum atomic E-state index is -0.252. The fourth-order valence-electron chi connectivity index (χ4n) is 2.46. The third-order valence-electron chi connectivity index (χ3n) is 3.49. The highest BCUT2D eigenvalue weighted by molar-refractivity contribution is 5.78. The molecular weight excluding hydrogens is 252 g/mol. The Morgan fingerprint density at radius 2 is 2.25 bits per heavy atom. The van der Waals surface area contributed by atoms with E-state index in [4.69, 9.17) is 10.3 Å². The molecule has 20 heavy (non-hydrogen) atoms. The molecule has 5 nitrogen and oxygen atoms in total. The fourth-order valence-corrected chi connectivity index (χ4v) is 2.46. The van der Waals surface area contributed by atoms with Gasteiger partial charge in [0.15, 0.2) is 0 Å². The van der Waals surface area contributed by atoms with Crippen LogP contribution < -0.4 is 11.3 Å². The van der Waals surface area contributed by atoms with Gasteiger partial charge in [-0.25, -0.2) is 10.4 Å². The van der Waals surface area contributed by atoms with E-state index in [1.165, 1.54) is 5.56 Å². The molecule has 0 saturated heterocycles. The van der Waals surface area contributed by atoms with Gasteiger partial charge in [-0.1, -0.05) is 11.6 Å². The van der Waals surface area contributed by atoms with Gasteiger partial charge in [0.25, 0.3) is 0 Å². The number of nitrogens with one attached hydrogen (secondary N) is 1. The van der Waals surface area contributed by atoms with E-state index < -0.39 is 0 Å². The van der Waals surface area contributed by atoms with Crippen LogP contribution in [0, 0.1) is 6.92 Å². The first-order chi connectivity index (χ1) is 9.72. The molecule has 0 spiro atoms. The van der Waals surface area contributed by atoms with Gasteiger partial charge in [0.05, 0.1) is 0 Å². The number of nitrogens with zero attached hydrogens (tertiary/aromatic N) is 2. The van der Waals surface area contributed by atoms with Gasteiger partial charge in [-0.2, -0.15) is 0 Å². The molecule has 0 aliphatic rings. The normalized spacial score (nSPS) is 12.9. The molecule has 2 heterocycles. The lowest BCUT2D eigenvalue weighted by molar-refractivity contribution is 0.452. The van der Waals surface area contributed by atoms with Crippen molar-refractivity contribution in [1.29, 1.82) is 0 Å². The number of imidazole rings is 1. The molecule has 1 atom stereocenters. The maximum atomic E-state index is 5.90. The van der Waals surface area contributed by atoms with Crippen molar-refractivity contribution < 1.29 is 4.42 Å². The summed E-state index contributed by atoms with van der Waals surface area (Å²) in [6, 6.07) is 7.88. The number of rotatable bonds is 4. The number of fused-ring (bicyclic) bond motifs is 1. The summed E-state index contributed by atoms with van der Waals surface area (Å²) in [6.45, 7) is 4.97. The highest BCUT2D eigenvalue weighted by atomic mass is 16.3. The summed E-state index contributed by atoms with van der Waals surface area (Å²) in [5, 5.41) is 1.08. The van der Waals surface area contributed by atoms with Crippen LogP contribution in [0.2, 0.25) is 0 Å². The molecule has 0 aliphatic carbocycles. The van der Waals surface area contributed by atoms with Crippen molar-refractivity contribution in [2.45, 2.75) is 26.4 Å². The molecule has 1 aromatic carbocycles. The number of benzene rings is 1. The molecule has 5 heteroatoms. The Hall–Kier alpha value is -2.11. The topological polar surface area (TPSA) is 69.0 Å². The Labute approximate surface area is 117 Å². The van der Waals surface area contributed by atoms with Gasteiger partial charge in [-0.05, 0) is 32.0 Å². The third kappa shape index (κ3) is 2.11. The van der Waals surface area contributed by atoms with Crippen molar-refractivity contribution in [3.8, 4) is 0 Å². The molecule has 3 N–H and O–H groups in total. The summed E-state index contributed by atoms with van der Waals surface area (Å²) >= 11 is 0. The molecule has 3 rings (SSSR count). The number of aromatic nitrogens is 2. The summed E-state index contributed by atoms with van der Waals surface area (Å²) in [5.41, 5.74) is 4.86. The van der Waals surface area contributed by atoms with Crippen LogP contribution in [0.1, 0.15) is 30.1 Å². The Morgan fingerprint density at radius 3 is 3.00 bits per heavy atom. The van der Waals surface area contributed by atoms with Gasteiger partial charge in [-0.15, -0.1) is 0 Å². The molecule has 0 amide bonds. The second-order valence-corrected chi connectivity index (χ2v) is 4.86. The van der Waals surface area contributed by atoms with E-state index in [2.05, 4.69) is 30.3 Å². The monoisotopic (exact) mass is 270 g/mol. The Bertz CT molecular complexity index is 728. The Balaban J connectivity index is 2.07. The van der Waals surface area contributed by atoms with E-state index in [0.717, 1.165) is 29.1 Å². The second-order valence-electron chi connectivity index (χ2n) is 4.86. The van der Waals surface area contributed by atoms with Gasteiger partial charge >= 0.3 is 0 Å². The summed E-state index contributed by atoms with van der Waals surface area (Å²) < 4.78 is 7.95. The van der Waals surface area contributed by atoms with Gasteiger partial charge < -0.3 is 8.98 Å². The average Bonchev–Trinajstić information content (AvgIpc) is 3.05. The number of hydrogen-bond acceptors (Lipinski definition) is 4. The minimum Gasteiger partial charge on any atom is -0.459 e. The van der Waals surface area contributed by atoms with Crippen LogP contribution in [0.4, 0.5) is 0 Å². The number of hydrazine groups is 1. The van der Waals surface area contributed by atoms with Crippen LogP contribution in [0.5, 0.6) is 0 Å². The molecule has 104 valence electrons. The van der Waals surface area contributed by atoms with E-state index in [-0.39, 0.29) is 6.04 Å². The maximum Gasteiger partial charge on any atom is 0.137 e. The first kappa shape index (κ1) is 12.9. The predicted octanol–water partition coefficient (Wildman–Crippen LogP) is 2.51. The van der Waals surface area contributed by atoms with Crippen molar-refractivity contribution in [3.05, 3.63) is 53.8 Å². The first-order valence-corrected chi connectivity index (χ1v) is 6.70. The van der Waals surface area contributed by atoms with Crippen molar-refractivity contribution in [1.82, 2.24) is 15.0 Å². The van der Waals surface area contributed by atoms with E-state index in [0.29, 0.717) is 0 Å². The number of furan rings is 1. The standard InChI is InChI=1S/C15H18N4O/c1-3-19-7-6-17-15(19)14(18-16)13-9-11-8-10(2)4-5-12(11)20-13/h4-9,14,18H,3,16H2,1-2H3. The molecule has 2 aromatic heterocycles. The van der Waals surface area contributed by atoms with Gasteiger partial charge in [-0.3, -0.25) is 5.84 Å². The maximum absolute atomic E-state index is 5.90. The molecular formula is C15H18N4O. The van der Waals surface area contributed by atoms with Crippen LogP contribution in [0.15, 0.2) is 41.1 Å². The summed E-state index contributed by atoms with van der Waals surface area (Å²) in [7, 11) is 0. The molecule has 0 aliphatic heterocycles. The van der Waals surface area contributed by atoms with Crippen LogP contribution in [-0.4, -0.2) is 9.55 Å². The van der Waals surface area contributed by atoms with E-state index in [9.17, 15) is 0 Å². The van der Waals surface area contributed by atoms with E-state index >= 15 is 0 Å². The number of nitrogens with two attached hydrogens (primary N) is 1. The van der Waals surface area contributed by atoms with Gasteiger partial charge in [0.1, 0.15) is 23.2 Å². The smallest absolute Gasteiger partial charge is 0.137 e. The lowest BCUT2D eigenvalue weighted by Gasteiger charge is -2.14. The van der Waals surface area contributed by atoms with Crippen molar-refractivity contribution in [3.63, 3.8) is 0 Å². The van der Waals surface area contributed by atoms with Crippen LogP contribution >= 0.6 is 0 Å². The molecule has 0 fully saturated rings. The third-order valence-corrected chi connectivity index (χ3v) is 3.49. The summed E-state index contributed by atoms with van der Waals surface area (Å²) in [4.78, 5) is 4.38. The minimum absolute atomic E-state index is 0.252. The molecule has 3 aromatic rings. The summed E-state index contributed by atoms with van der Waals surface area (Å²) in [5.74, 6) is 7.33. The van der Waals surface area contributed by atoms with Crippen LogP contribution in [0.3, 0.4) is 0 Å². The molecule has 0 saturated carbocycles. The van der Waals surface area contributed by atoms with E-state index in [1.807, 2.05) is 29.0 Å². The molecule has 0 radical (unpaired) electrons.